The first-order chi connectivity index (χ1) is 7.37. The van der Waals surface area contributed by atoms with Gasteiger partial charge in [0.15, 0.2) is 0 Å². The maximum absolute atomic E-state index is 6.10. The quantitative estimate of drug-likeness (QED) is 0.710. The maximum Gasteiger partial charge on any atom is 0.0331 e. The second-order valence-corrected chi connectivity index (χ2v) is 5.39. The number of nitrogens with zero attached hydrogens (tertiary/aromatic N) is 1. The third kappa shape index (κ3) is 2.54. The summed E-state index contributed by atoms with van der Waals surface area (Å²) in [5.74, 6) is 0. The lowest BCUT2D eigenvalue weighted by molar-refractivity contribution is 0.0587. The zero-order valence-electron chi connectivity index (χ0n) is 10.0. The molecule has 0 bridgehead atoms. The van der Waals surface area contributed by atoms with Crippen molar-refractivity contribution in [2.45, 2.75) is 63.3 Å². The third-order valence-electron chi connectivity index (χ3n) is 4.44. The average Bonchev–Trinajstić information content (AvgIpc) is 2.56. The Balaban J connectivity index is 2.03. The fourth-order valence-electron chi connectivity index (χ4n) is 3.40. The molecular formula is C13H26N2. The van der Waals surface area contributed by atoms with E-state index in [1.54, 1.807) is 0 Å². The fraction of sp³-hybridized carbons (Fsp3) is 1.00. The smallest absolute Gasteiger partial charge is 0.0331 e. The van der Waals surface area contributed by atoms with Crippen molar-refractivity contribution in [3.05, 3.63) is 0 Å². The van der Waals surface area contributed by atoms with Crippen LogP contribution in [0.1, 0.15) is 57.8 Å². The molecule has 2 heteroatoms. The minimum Gasteiger partial charge on any atom is -0.329 e. The Morgan fingerprint density at radius 2 is 1.33 bits per heavy atom. The van der Waals surface area contributed by atoms with Crippen LogP contribution >= 0.6 is 0 Å². The Labute approximate surface area is 94.2 Å². The molecule has 2 rings (SSSR count). The van der Waals surface area contributed by atoms with E-state index in [0.717, 1.165) is 6.54 Å². The highest BCUT2D eigenvalue weighted by molar-refractivity contribution is 4.94. The first-order valence-electron chi connectivity index (χ1n) is 6.82. The summed E-state index contributed by atoms with van der Waals surface area (Å²) in [6.45, 7) is 3.49. The Morgan fingerprint density at radius 3 is 1.87 bits per heavy atom. The molecule has 0 amide bonds. The van der Waals surface area contributed by atoms with E-state index in [1.165, 1.54) is 70.9 Å². The van der Waals surface area contributed by atoms with Crippen LogP contribution in [-0.2, 0) is 0 Å². The Bertz CT molecular complexity index is 177. The van der Waals surface area contributed by atoms with Crippen LogP contribution in [0.5, 0.6) is 0 Å². The van der Waals surface area contributed by atoms with Crippen LogP contribution in [0.15, 0.2) is 0 Å². The lowest BCUT2D eigenvalue weighted by atomic mass is 9.86. The first-order valence-corrected chi connectivity index (χ1v) is 6.82. The van der Waals surface area contributed by atoms with Crippen LogP contribution in [-0.4, -0.2) is 30.1 Å². The van der Waals surface area contributed by atoms with Crippen molar-refractivity contribution in [3.8, 4) is 0 Å². The van der Waals surface area contributed by atoms with Gasteiger partial charge in [0.05, 0.1) is 0 Å². The molecule has 2 aliphatic rings. The normalized spacial score (nSPS) is 28.6. The molecule has 0 aromatic rings. The van der Waals surface area contributed by atoms with Gasteiger partial charge in [0.25, 0.3) is 0 Å². The minimum atomic E-state index is 0.386. The summed E-state index contributed by atoms with van der Waals surface area (Å²) in [4.78, 5) is 2.72. The SMILES string of the molecule is NCC1(N2CCCCC2)CCCCCC1. The molecule has 88 valence electrons. The van der Waals surface area contributed by atoms with Gasteiger partial charge in [-0.2, -0.15) is 0 Å². The van der Waals surface area contributed by atoms with E-state index >= 15 is 0 Å². The average molecular weight is 210 g/mol. The van der Waals surface area contributed by atoms with Crippen LogP contribution < -0.4 is 5.73 Å². The van der Waals surface area contributed by atoms with Gasteiger partial charge in [-0.25, -0.2) is 0 Å². The highest BCUT2D eigenvalue weighted by Crippen LogP contribution is 2.33. The Kier molecular flexibility index (Phi) is 4.04. The van der Waals surface area contributed by atoms with E-state index < -0.39 is 0 Å². The molecule has 2 N–H and O–H groups in total. The summed E-state index contributed by atoms with van der Waals surface area (Å²) in [5.41, 5.74) is 6.48. The monoisotopic (exact) mass is 210 g/mol. The molecule has 0 radical (unpaired) electrons. The van der Waals surface area contributed by atoms with E-state index in [9.17, 15) is 0 Å². The number of rotatable bonds is 2. The molecule has 15 heavy (non-hydrogen) atoms. The van der Waals surface area contributed by atoms with Crippen LogP contribution in [0.3, 0.4) is 0 Å². The second kappa shape index (κ2) is 5.31. The highest BCUT2D eigenvalue weighted by Gasteiger charge is 2.35. The Hall–Kier alpha value is -0.0800. The fourth-order valence-corrected chi connectivity index (χ4v) is 3.40. The summed E-state index contributed by atoms with van der Waals surface area (Å²) in [7, 11) is 0. The van der Waals surface area contributed by atoms with Crippen molar-refractivity contribution in [1.29, 1.82) is 0 Å². The number of hydrogen-bond donors (Lipinski definition) is 1. The molecule has 2 nitrogen and oxygen atoms in total. The van der Waals surface area contributed by atoms with Gasteiger partial charge < -0.3 is 5.73 Å². The first kappa shape index (κ1) is 11.4. The van der Waals surface area contributed by atoms with Crippen molar-refractivity contribution in [3.63, 3.8) is 0 Å². The number of nitrogens with two attached hydrogens (primary N) is 1. The van der Waals surface area contributed by atoms with E-state index in [-0.39, 0.29) is 0 Å². The minimum absolute atomic E-state index is 0.386. The molecule has 1 aliphatic carbocycles. The lowest BCUT2D eigenvalue weighted by Gasteiger charge is -2.45. The van der Waals surface area contributed by atoms with Crippen molar-refractivity contribution in [2.24, 2.45) is 5.73 Å². The molecule has 1 saturated heterocycles. The molecule has 1 heterocycles. The number of hydrogen-bond acceptors (Lipinski definition) is 2. The standard InChI is InChI=1S/C13H26N2/c14-12-13(8-4-1-2-5-9-13)15-10-6-3-7-11-15/h1-12,14H2. The van der Waals surface area contributed by atoms with Gasteiger partial charge in [-0.3, -0.25) is 4.90 Å². The number of piperidine rings is 1. The van der Waals surface area contributed by atoms with Gasteiger partial charge in [-0.05, 0) is 38.8 Å². The summed E-state index contributed by atoms with van der Waals surface area (Å²) in [6, 6.07) is 0. The summed E-state index contributed by atoms with van der Waals surface area (Å²) in [6.07, 6.45) is 12.6. The topological polar surface area (TPSA) is 29.3 Å². The summed E-state index contributed by atoms with van der Waals surface area (Å²) in [5, 5.41) is 0. The molecule has 0 aromatic carbocycles. The molecule has 0 unspecified atom stereocenters. The molecule has 2 fully saturated rings. The zero-order valence-corrected chi connectivity index (χ0v) is 10.0. The zero-order chi connectivity index (χ0) is 10.6. The van der Waals surface area contributed by atoms with E-state index in [1.807, 2.05) is 0 Å². The van der Waals surface area contributed by atoms with Gasteiger partial charge in [0.1, 0.15) is 0 Å². The van der Waals surface area contributed by atoms with Crippen molar-refractivity contribution in [1.82, 2.24) is 4.90 Å². The van der Waals surface area contributed by atoms with Gasteiger partial charge in [-0.15, -0.1) is 0 Å². The number of likely N-dealkylation sites (tertiary alicyclic amines) is 1. The largest absolute Gasteiger partial charge is 0.329 e. The van der Waals surface area contributed by atoms with Gasteiger partial charge in [0.2, 0.25) is 0 Å². The van der Waals surface area contributed by atoms with Crippen LogP contribution in [0.2, 0.25) is 0 Å². The van der Waals surface area contributed by atoms with Gasteiger partial charge in [0, 0.05) is 12.1 Å². The molecule has 0 aromatic heterocycles. The van der Waals surface area contributed by atoms with Gasteiger partial charge in [-0.1, -0.05) is 32.1 Å². The molecule has 1 aliphatic heterocycles. The van der Waals surface area contributed by atoms with E-state index in [2.05, 4.69) is 4.90 Å². The molecule has 1 saturated carbocycles. The summed E-state index contributed by atoms with van der Waals surface area (Å²) >= 11 is 0. The predicted molar refractivity (Wildman–Crippen MR) is 64.9 cm³/mol. The van der Waals surface area contributed by atoms with Crippen LogP contribution in [0.4, 0.5) is 0 Å². The Morgan fingerprint density at radius 1 is 0.800 bits per heavy atom. The molecule has 0 atom stereocenters. The molecule has 0 spiro atoms. The predicted octanol–water partition coefficient (Wildman–Crippen LogP) is 2.52. The van der Waals surface area contributed by atoms with Crippen LogP contribution in [0, 0.1) is 0 Å². The second-order valence-electron chi connectivity index (χ2n) is 5.39. The van der Waals surface area contributed by atoms with Crippen molar-refractivity contribution >= 4 is 0 Å². The highest BCUT2D eigenvalue weighted by atomic mass is 15.2. The maximum atomic E-state index is 6.10. The molecular weight excluding hydrogens is 184 g/mol. The van der Waals surface area contributed by atoms with Gasteiger partial charge >= 0.3 is 0 Å². The third-order valence-corrected chi connectivity index (χ3v) is 4.44. The van der Waals surface area contributed by atoms with Crippen molar-refractivity contribution < 1.29 is 0 Å². The lowest BCUT2D eigenvalue weighted by Crippen LogP contribution is -2.55. The van der Waals surface area contributed by atoms with E-state index in [0.29, 0.717) is 5.54 Å². The van der Waals surface area contributed by atoms with E-state index in [4.69, 9.17) is 5.73 Å². The summed E-state index contributed by atoms with van der Waals surface area (Å²) < 4.78 is 0. The van der Waals surface area contributed by atoms with Crippen LogP contribution in [0.25, 0.3) is 0 Å². The van der Waals surface area contributed by atoms with Crippen molar-refractivity contribution in [2.75, 3.05) is 19.6 Å².